The van der Waals surface area contributed by atoms with E-state index in [9.17, 15) is 24.5 Å². The molecule has 35 heavy (non-hydrogen) atoms. The van der Waals surface area contributed by atoms with E-state index in [2.05, 4.69) is 15.9 Å². The molecule has 2 amide bonds. The average Bonchev–Trinajstić information content (AvgIpc) is 3.06. The molecule has 3 rings (SSSR count). The number of nitro benzene ring substituents is 1. The van der Waals surface area contributed by atoms with Crippen molar-refractivity contribution in [3.8, 4) is 11.5 Å². The second-order valence-corrected chi connectivity index (χ2v) is 8.90. The Hall–Kier alpha value is -3.38. The van der Waals surface area contributed by atoms with Gasteiger partial charge in [0.25, 0.3) is 16.8 Å². The lowest BCUT2D eigenvalue weighted by molar-refractivity contribution is -0.384. The molecule has 0 radical (unpaired) electrons. The van der Waals surface area contributed by atoms with Crippen LogP contribution in [0.3, 0.4) is 0 Å². The number of hydrogen-bond donors (Lipinski definition) is 0. The maximum Gasteiger partial charge on any atom is 0.344 e. The molecular weight excluding hydrogens is 544 g/mol. The van der Waals surface area contributed by atoms with Gasteiger partial charge in [0.2, 0.25) is 0 Å². The highest BCUT2D eigenvalue weighted by atomic mass is 79.9. The van der Waals surface area contributed by atoms with Gasteiger partial charge in [0.15, 0.2) is 18.1 Å². The van der Waals surface area contributed by atoms with Crippen LogP contribution in [0.4, 0.5) is 10.5 Å². The van der Waals surface area contributed by atoms with Gasteiger partial charge < -0.3 is 14.2 Å². The van der Waals surface area contributed by atoms with Crippen LogP contribution in [0.5, 0.6) is 11.5 Å². The fourth-order valence-electron chi connectivity index (χ4n) is 3.15. The fraction of sp³-hybridized carbons (Fsp3) is 0.261. The van der Waals surface area contributed by atoms with Crippen molar-refractivity contribution >= 4 is 56.6 Å². The lowest BCUT2D eigenvalue weighted by Gasteiger charge is -2.14. The number of nitrogens with zero attached hydrogens (tertiary/aromatic N) is 2. The number of rotatable bonds is 10. The number of nitro groups is 1. The van der Waals surface area contributed by atoms with Crippen LogP contribution >= 0.6 is 27.7 Å². The van der Waals surface area contributed by atoms with Gasteiger partial charge in [0, 0.05) is 12.1 Å². The second-order valence-electron chi connectivity index (χ2n) is 7.05. The molecule has 1 aliphatic rings. The summed E-state index contributed by atoms with van der Waals surface area (Å²) in [4.78, 5) is 48.7. The van der Waals surface area contributed by atoms with E-state index in [1.807, 2.05) is 0 Å². The molecule has 0 unspecified atom stereocenters. The van der Waals surface area contributed by atoms with Gasteiger partial charge in [-0.1, -0.05) is 12.1 Å². The standard InChI is InChI=1S/C23H21BrN2O8S/c1-3-32-18-10-15(9-17(24)21(18)34-13-20(27)33-4-2)11-19-22(28)25(23(29)35-19)12-14-6-5-7-16(8-14)26(30)31/h5-11H,3-4,12-13H2,1-2H3/b19-11-. The predicted molar refractivity (Wildman–Crippen MR) is 132 cm³/mol. The van der Waals surface area contributed by atoms with Crippen molar-refractivity contribution in [3.05, 3.63) is 67.0 Å². The zero-order valence-electron chi connectivity index (χ0n) is 18.8. The van der Waals surface area contributed by atoms with Crippen LogP contribution in [0.25, 0.3) is 6.08 Å². The summed E-state index contributed by atoms with van der Waals surface area (Å²) in [5.41, 5.74) is 0.903. The van der Waals surface area contributed by atoms with Gasteiger partial charge in [-0.15, -0.1) is 0 Å². The van der Waals surface area contributed by atoms with E-state index in [0.717, 1.165) is 16.7 Å². The molecule has 1 aliphatic heterocycles. The number of thioether (sulfide) groups is 1. The number of carbonyl (C=O) groups is 3. The molecule has 10 nitrogen and oxygen atoms in total. The smallest absolute Gasteiger partial charge is 0.344 e. The van der Waals surface area contributed by atoms with Crippen molar-refractivity contribution < 1.29 is 33.5 Å². The number of esters is 1. The minimum absolute atomic E-state index is 0.0851. The second kappa shape index (κ2) is 11.8. The monoisotopic (exact) mass is 564 g/mol. The number of amides is 2. The number of ether oxygens (including phenoxy) is 3. The highest BCUT2D eigenvalue weighted by Crippen LogP contribution is 2.39. The Balaban J connectivity index is 1.82. The first-order valence-electron chi connectivity index (χ1n) is 10.5. The van der Waals surface area contributed by atoms with Crippen LogP contribution in [-0.4, -0.2) is 46.8 Å². The van der Waals surface area contributed by atoms with Gasteiger partial charge in [-0.25, -0.2) is 4.79 Å². The van der Waals surface area contributed by atoms with Crippen LogP contribution in [0, 0.1) is 10.1 Å². The van der Waals surface area contributed by atoms with Gasteiger partial charge in [0.05, 0.1) is 34.1 Å². The van der Waals surface area contributed by atoms with Crippen molar-refractivity contribution in [3.63, 3.8) is 0 Å². The number of imide groups is 1. The quantitative estimate of drug-likeness (QED) is 0.171. The summed E-state index contributed by atoms with van der Waals surface area (Å²) in [7, 11) is 0. The summed E-state index contributed by atoms with van der Waals surface area (Å²) in [5.74, 6) is -0.393. The van der Waals surface area contributed by atoms with E-state index >= 15 is 0 Å². The summed E-state index contributed by atoms with van der Waals surface area (Å²) >= 11 is 4.17. The third kappa shape index (κ3) is 6.61. The number of halogens is 1. The van der Waals surface area contributed by atoms with Gasteiger partial charge >= 0.3 is 5.97 Å². The topological polar surface area (TPSA) is 125 Å². The molecule has 1 fully saturated rings. The molecule has 0 atom stereocenters. The van der Waals surface area contributed by atoms with Crippen molar-refractivity contribution in [2.24, 2.45) is 0 Å². The minimum Gasteiger partial charge on any atom is -0.490 e. The molecule has 2 aromatic rings. The molecule has 2 aromatic carbocycles. The van der Waals surface area contributed by atoms with E-state index in [-0.39, 0.29) is 30.4 Å². The van der Waals surface area contributed by atoms with Crippen molar-refractivity contribution in [2.45, 2.75) is 20.4 Å². The number of carbonyl (C=O) groups excluding carboxylic acids is 3. The Morgan fingerprint density at radius 2 is 1.94 bits per heavy atom. The first kappa shape index (κ1) is 26.2. The van der Waals surface area contributed by atoms with Crippen LogP contribution in [0.1, 0.15) is 25.0 Å². The van der Waals surface area contributed by atoms with Crippen LogP contribution in [-0.2, 0) is 20.9 Å². The lowest BCUT2D eigenvalue weighted by Crippen LogP contribution is -2.27. The zero-order valence-corrected chi connectivity index (χ0v) is 21.2. The first-order valence-corrected chi connectivity index (χ1v) is 12.1. The van der Waals surface area contributed by atoms with Crippen LogP contribution in [0.15, 0.2) is 45.8 Å². The van der Waals surface area contributed by atoms with E-state index in [4.69, 9.17) is 14.2 Å². The zero-order chi connectivity index (χ0) is 25.5. The van der Waals surface area contributed by atoms with Crippen molar-refractivity contribution in [1.82, 2.24) is 4.90 Å². The Morgan fingerprint density at radius 1 is 1.17 bits per heavy atom. The molecule has 0 N–H and O–H groups in total. The van der Waals surface area contributed by atoms with Gasteiger partial charge in [0.1, 0.15) is 0 Å². The Morgan fingerprint density at radius 3 is 2.63 bits per heavy atom. The van der Waals surface area contributed by atoms with E-state index in [0.29, 0.717) is 33.7 Å². The number of benzene rings is 2. The Kier molecular flexibility index (Phi) is 8.88. The Bertz CT molecular complexity index is 1200. The number of hydrogen-bond acceptors (Lipinski definition) is 9. The fourth-order valence-corrected chi connectivity index (χ4v) is 4.56. The molecule has 184 valence electrons. The normalized spacial score (nSPS) is 14.4. The largest absolute Gasteiger partial charge is 0.490 e. The summed E-state index contributed by atoms with van der Waals surface area (Å²) in [6, 6.07) is 9.07. The molecule has 0 saturated carbocycles. The van der Waals surface area contributed by atoms with Crippen LogP contribution < -0.4 is 9.47 Å². The summed E-state index contributed by atoms with van der Waals surface area (Å²) < 4.78 is 16.5. The average molecular weight is 565 g/mol. The number of non-ortho nitro benzene ring substituents is 1. The summed E-state index contributed by atoms with van der Waals surface area (Å²) in [6.45, 7) is 3.65. The maximum absolute atomic E-state index is 12.9. The molecule has 0 spiro atoms. The van der Waals surface area contributed by atoms with E-state index in [1.165, 1.54) is 18.2 Å². The lowest BCUT2D eigenvalue weighted by atomic mass is 10.1. The maximum atomic E-state index is 12.9. The third-order valence-electron chi connectivity index (χ3n) is 4.60. The third-order valence-corrected chi connectivity index (χ3v) is 6.10. The van der Waals surface area contributed by atoms with Crippen molar-refractivity contribution in [2.75, 3.05) is 19.8 Å². The van der Waals surface area contributed by atoms with Gasteiger partial charge in [-0.2, -0.15) is 0 Å². The van der Waals surface area contributed by atoms with Gasteiger partial charge in [-0.05, 0) is 70.9 Å². The van der Waals surface area contributed by atoms with Crippen molar-refractivity contribution in [1.29, 1.82) is 0 Å². The highest BCUT2D eigenvalue weighted by Gasteiger charge is 2.35. The predicted octanol–water partition coefficient (Wildman–Crippen LogP) is 4.93. The molecular formula is C23H21BrN2O8S. The summed E-state index contributed by atoms with van der Waals surface area (Å²) in [5, 5.41) is 10.5. The molecule has 1 saturated heterocycles. The minimum atomic E-state index is -0.537. The molecule has 0 aromatic heterocycles. The first-order chi connectivity index (χ1) is 16.7. The SMILES string of the molecule is CCOC(=O)COc1c(Br)cc(/C=C2\SC(=O)N(Cc3cccc([N+](=O)[O-])c3)C2=O)cc1OCC. The summed E-state index contributed by atoms with van der Waals surface area (Å²) in [6.07, 6.45) is 1.54. The van der Waals surface area contributed by atoms with Crippen LogP contribution in [0.2, 0.25) is 0 Å². The molecule has 0 aliphatic carbocycles. The van der Waals surface area contributed by atoms with E-state index in [1.54, 1.807) is 38.1 Å². The molecule has 1 heterocycles. The highest BCUT2D eigenvalue weighted by molar-refractivity contribution is 9.10. The Labute approximate surface area is 213 Å². The molecule has 0 bridgehead atoms. The van der Waals surface area contributed by atoms with E-state index < -0.39 is 22.0 Å². The van der Waals surface area contributed by atoms with Gasteiger partial charge in [-0.3, -0.25) is 24.6 Å². The molecule has 12 heteroatoms.